The normalized spacial score (nSPS) is 25.8. The predicted molar refractivity (Wildman–Crippen MR) is 296 cm³/mol. The first-order valence-electron chi connectivity index (χ1n) is 28.2. The summed E-state index contributed by atoms with van der Waals surface area (Å²) in [5.41, 5.74) is 28.6. The minimum Gasteiger partial charge on any atom is -0.464 e. The van der Waals surface area contributed by atoms with Gasteiger partial charge in [0.25, 0.3) is 0 Å². The number of hydrogen-bond donors (Lipinski definition) is 6. The molecular formula is C60H81N9O6. The van der Waals surface area contributed by atoms with Gasteiger partial charge in [-0.2, -0.15) is 0 Å². The van der Waals surface area contributed by atoms with Crippen molar-refractivity contribution in [2.45, 2.75) is 114 Å². The Morgan fingerprint density at radius 1 is 0.480 bits per heavy atom. The molecule has 0 unspecified atom stereocenters. The van der Waals surface area contributed by atoms with Gasteiger partial charge in [0, 0.05) is 125 Å². The lowest BCUT2D eigenvalue weighted by Gasteiger charge is -2.47. The van der Waals surface area contributed by atoms with Crippen LogP contribution < -0.4 is 17.2 Å². The first-order chi connectivity index (χ1) is 36.6. The minimum absolute atomic E-state index is 0.0382. The Balaban J connectivity index is 0.000000128. The second-order valence-corrected chi connectivity index (χ2v) is 22.3. The monoisotopic (exact) mass is 1020 g/mol. The number of carbonyl (C=O) groups excluding carboxylic acids is 3. The second kappa shape index (κ2) is 23.8. The van der Waals surface area contributed by atoms with Crippen LogP contribution in [0.1, 0.15) is 110 Å². The third-order valence-corrected chi connectivity index (χ3v) is 17.5. The van der Waals surface area contributed by atoms with E-state index in [1.807, 2.05) is 0 Å². The molecule has 0 spiro atoms. The molecule has 3 aliphatic carbocycles. The quantitative estimate of drug-likeness (QED) is 0.0444. The lowest BCUT2D eigenvalue weighted by molar-refractivity contribution is -0.145. The highest BCUT2D eigenvalue weighted by molar-refractivity contribution is 5.90. The number of aromatic amines is 3. The van der Waals surface area contributed by atoms with Crippen molar-refractivity contribution in [1.82, 2.24) is 29.7 Å². The van der Waals surface area contributed by atoms with Gasteiger partial charge in [-0.15, -0.1) is 0 Å². The molecule has 0 saturated carbocycles. The van der Waals surface area contributed by atoms with Gasteiger partial charge in [-0.05, 0) is 129 Å². The van der Waals surface area contributed by atoms with Crippen LogP contribution in [-0.2, 0) is 47.9 Å². The molecule has 3 fully saturated rings. The van der Waals surface area contributed by atoms with E-state index in [9.17, 15) is 14.4 Å². The van der Waals surface area contributed by atoms with Gasteiger partial charge in [0.05, 0.1) is 39.5 Å². The van der Waals surface area contributed by atoms with Crippen LogP contribution in [-0.4, -0.2) is 144 Å². The highest BCUT2D eigenvalue weighted by Crippen LogP contribution is 2.48. The zero-order chi connectivity index (χ0) is 52.2. The summed E-state index contributed by atoms with van der Waals surface area (Å²) < 4.78 is 16.1. The van der Waals surface area contributed by atoms with Crippen molar-refractivity contribution in [3.05, 3.63) is 107 Å². The summed E-state index contributed by atoms with van der Waals surface area (Å²) >= 11 is 0. The Kier molecular flexibility index (Phi) is 16.8. The van der Waals surface area contributed by atoms with Crippen LogP contribution in [0.15, 0.2) is 73.2 Å². The van der Waals surface area contributed by atoms with Crippen molar-refractivity contribution in [3.8, 4) is 0 Å². The third-order valence-electron chi connectivity index (χ3n) is 17.5. The molecule has 0 amide bonds. The molecule has 0 bridgehead atoms. The minimum atomic E-state index is -0.303. The summed E-state index contributed by atoms with van der Waals surface area (Å²) in [4.78, 5) is 52.5. The molecule has 75 heavy (non-hydrogen) atoms. The number of H-pyrrole nitrogens is 3. The summed E-state index contributed by atoms with van der Waals surface area (Å²) in [6.45, 7) is 14.3. The molecule has 3 saturated heterocycles. The molecule has 15 nitrogen and oxygen atoms in total. The van der Waals surface area contributed by atoms with Gasteiger partial charge in [-0.1, -0.05) is 57.2 Å². The van der Waals surface area contributed by atoms with Gasteiger partial charge in [-0.25, -0.2) is 0 Å². The number of piperidine rings is 3. The average Bonchev–Trinajstić information content (AvgIpc) is 4.20. The van der Waals surface area contributed by atoms with Gasteiger partial charge in [0.15, 0.2) is 0 Å². The van der Waals surface area contributed by atoms with Gasteiger partial charge in [-0.3, -0.25) is 29.1 Å². The molecule has 12 rings (SSSR count). The first kappa shape index (κ1) is 52.9. The number of benzene rings is 3. The van der Waals surface area contributed by atoms with Crippen molar-refractivity contribution in [1.29, 1.82) is 0 Å². The predicted octanol–water partition coefficient (Wildman–Crippen LogP) is 7.23. The lowest BCUT2D eigenvalue weighted by atomic mass is 9.72. The average molecular weight is 1020 g/mol. The van der Waals surface area contributed by atoms with Crippen LogP contribution in [0.4, 0.5) is 0 Å². The molecule has 3 aromatic carbocycles. The molecule has 0 radical (unpaired) electrons. The van der Waals surface area contributed by atoms with E-state index >= 15 is 0 Å². The maximum Gasteiger partial charge on any atom is 0.319 e. The smallest absolute Gasteiger partial charge is 0.319 e. The topological polar surface area (TPSA) is 214 Å². The van der Waals surface area contributed by atoms with Gasteiger partial charge in [0.1, 0.15) is 0 Å². The number of rotatable bonds is 15. The Bertz CT molecular complexity index is 2620. The molecule has 9 N–H and O–H groups in total. The zero-order valence-electron chi connectivity index (χ0n) is 44.5. The van der Waals surface area contributed by atoms with Crippen LogP contribution >= 0.6 is 0 Å². The number of esters is 3. The molecule has 3 aromatic heterocycles. The van der Waals surface area contributed by atoms with E-state index in [0.717, 1.165) is 97.1 Å². The van der Waals surface area contributed by atoms with Crippen molar-refractivity contribution in [2.75, 3.05) is 78.7 Å². The number of likely N-dealkylation sites (tertiary alicyclic amines) is 3. The van der Waals surface area contributed by atoms with E-state index in [0.29, 0.717) is 73.5 Å². The molecule has 6 aromatic rings. The lowest BCUT2D eigenvalue weighted by Crippen LogP contribution is -2.51. The van der Waals surface area contributed by atoms with E-state index in [-0.39, 0.29) is 37.5 Å². The van der Waals surface area contributed by atoms with E-state index in [1.165, 1.54) is 66.1 Å². The standard InChI is InChI=1S/3C20H27N3O2/c3*1-2-6-23-11-13(12-25-19(24)9-21)7-16-15-4-3-5-17-20(15)14(10-22-17)8-18(16)23/h3*3-5,10,13,16,18,22H,2,6-9,11-12,21H2,1H3/t3*13-,16-,18-/m111/s1. The molecule has 6 heterocycles. The molecule has 9 atom stereocenters. The Labute approximate surface area is 441 Å². The number of nitrogens with zero attached hydrogens (tertiary/aromatic N) is 3. The van der Waals surface area contributed by atoms with Crippen molar-refractivity contribution in [3.63, 3.8) is 0 Å². The van der Waals surface area contributed by atoms with E-state index in [2.05, 4.69) is 124 Å². The van der Waals surface area contributed by atoms with Crippen molar-refractivity contribution < 1.29 is 28.6 Å². The number of nitrogens with one attached hydrogen (secondary N) is 3. The van der Waals surface area contributed by atoms with Gasteiger partial charge < -0.3 is 46.4 Å². The Morgan fingerprint density at radius 3 is 1.04 bits per heavy atom. The van der Waals surface area contributed by atoms with Crippen molar-refractivity contribution in [2.24, 2.45) is 35.0 Å². The summed E-state index contributed by atoms with van der Waals surface area (Å²) in [6.07, 6.45) is 16.5. The Morgan fingerprint density at radius 2 is 0.773 bits per heavy atom. The number of aromatic nitrogens is 3. The molecular weight excluding hydrogens is 943 g/mol. The highest BCUT2D eigenvalue weighted by Gasteiger charge is 2.44. The summed E-state index contributed by atoms with van der Waals surface area (Å²) in [7, 11) is 0. The summed E-state index contributed by atoms with van der Waals surface area (Å²) in [6, 6.07) is 21.5. The van der Waals surface area contributed by atoms with E-state index < -0.39 is 0 Å². The van der Waals surface area contributed by atoms with Gasteiger partial charge in [0.2, 0.25) is 0 Å². The number of ether oxygens (including phenoxy) is 3. The summed E-state index contributed by atoms with van der Waals surface area (Å²) in [5.74, 6) is 1.74. The van der Waals surface area contributed by atoms with E-state index in [4.69, 9.17) is 31.4 Å². The van der Waals surface area contributed by atoms with Crippen LogP contribution in [0.25, 0.3) is 32.7 Å². The van der Waals surface area contributed by atoms with Crippen LogP contribution in [0, 0.1) is 17.8 Å². The van der Waals surface area contributed by atoms with Gasteiger partial charge >= 0.3 is 17.9 Å². The fourth-order valence-electron chi connectivity index (χ4n) is 14.5. The number of hydrogen-bond acceptors (Lipinski definition) is 12. The van der Waals surface area contributed by atoms with Crippen LogP contribution in [0.5, 0.6) is 0 Å². The van der Waals surface area contributed by atoms with Crippen molar-refractivity contribution >= 4 is 50.6 Å². The molecule has 402 valence electrons. The highest BCUT2D eigenvalue weighted by atomic mass is 16.5. The Hall–Kier alpha value is -5.55. The molecule has 6 aliphatic rings. The SMILES string of the molecule is CCCN1C[C@H](COC(=O)CN)C[C@@H]2c3cccc4[nH]cc(c34)C[C@H]21.CCCN1C[C@H](COC(=O)CN)C[C@@H]2c3cccc4[nH]cc(c34)C[C@H]21.CCCN1C[C@H](COC(=O)CN)C[C@@H]2c3cccc4[nH]cc(c34)C[C@H]21. The van der Waals surface area contributed by atoms with E-state index in [1.54, 1.807) is 0 Å². The maximum absolute atomic E-state index is 11.5. The second-order valence-electron chi connectivity index (χ2n) is 22.3. The number of carbonyl (C=O) groups is 3. The summed E-state index contributed by atoms with van der Waals surface area (Å²) in [5, 5.41) is 4.25. The third kappa shape index (κ3) is 11.0. The fourth-order valence-corrected chi connectivity index (χ4v) is 14.5. The number of nitrogens with two attached hydrogens (primary N) is 3. The molecule has 15 heteroatoms. The first-order valence-corrected chi connectivity index (χ1v) is 28.2. The largest absolute Gasteiger partial charge is 0.464 e. The number of fused-ring (bicyclic) bond motifs is 6. The zero-order valence-corrected chi connectivity index (χ0v) is 44.5. The maximum atomic E-state index is 11.5. The fraction of sp³-hybridized carbons (Fsp3) is 0.550. The molecule has 3 aliphatic heterocycles. The van der Waals surface area contributed by atoms with Crippen LogP contribution in [0.3, 0.4) is 0 Å². The van der Waals surface area contributed by atoms with Crippen LogP contribution in [0.2, 0.25) is 0 Å².